The Balaban J connectivity index is 1.94. The number of fused-ring (bicyclic) bond motifs is 1. The molecule has 5 nitrogen and oxygen atoms in total. The maximum atomic E-state index is 10.5. The van der Waals surface area contributed by atoms with E-state index in [0.29, 0.717) is 13.2 Å². The van der Waals surface area contributed by atoms with Crippen LogP contribution in [0.3, 0.4) is 0 Å². The molecule has 0 radical (unpaired) electrons. The van der Waals surface area contributed by atoms with Crippen molar-refractivity contribution in [2.24, 2.45) is 0 Å². The summed E-state index contributed by atoms with van der Waals surface area (Å²) in [7, 11) is -1.80. The van der Waals surface area contributed by atoms with E-state index in [1.54, 1.807) is 0 Å². The quantitative estimate of drug-likeness (QED) is 0.778. The average Bonchev–Trinajstić information content (AvgIpc) is 2.62. The zero-order chi connectivity index (χ0) is 16.1. The molecule has 0 saturated carbocycles. The normalized spacial score (nSPS) is 36.6. The standard InChI is InChI=1S/C15H31NO4Si/c1-14(2,3)21(6,7)18-9-10-12(17)13-11(8-16-10)19-15(4,5)20-13/h10-13,16-17H,8-9H2,1-7H3/t10-,11-,12-,13-/m1/s1. The second kappa shape index (κ2) is 5.58. The highest BCUT2D eigenvalue weighted by atomic mass is 28.4. The monoisotopic (exact) mass is 317 g/mol. The van der Waals surface area contributed by atoms with Crippen LogP contribution >= 0.6 is 0 Å². The Kier molecular flexibility index (Phi) is 4.62. The smallest absolute Gasteiger partial charge is 0.192 e. The van der Waals surface area contributed by atoms with Crippen molar-refractivity contribution < 1.29 is 19.0 Å². The van der Waals surface area contributed by atoms with Crippen molar-refractivity contribution in [3.63, 3.8) is 0 Å². The van der Waals surface area contributed by atoms with Gasteiger partial charge >= 0.3 is 0 Å². The second-order valence-corrected chi connectivity index (χ2v) is 13.0. The van der Waals surface area contributed by atoms with E-state index in [2.05, 4.69) is 39.2 Å². The Labute approximate surface area is 129 Å². The number of hydrogen-bond donors (Lipinski definition) is 2. The Hall–Kier alpha value is 0.0169. The highest BCUT2D eigenvalue weighted by Crippen LogP contribution is 2.37. The summed E-state index contributed by atoms with van der Waals surface area (Å²) in [4.78, 5) is 0. The highest BCUT2D eigenvalue weighted by Gasteiger charge is 2.50. The Bertz CT molecular complexity index is 380. The molecule has 2 aliphatic heterocycles. The second-order valence-electron chi connectivity index (χ2n) is 8.22. The SMILES string of the molecule is CC1(C)O[C@H]2[C@H](O)[C@@H](CO[Si](C)(C)C(C)(C)C)NC[C@H]2O1. The van der Waals surface area contributed by atoms with E-state index in [4.69, 9.17) is 13.9 Å². The molecule has 0 amide bonds. The first-order valence-electron chi connectivity index (χ1n) is 7.84. The van der Waals surface area contributed by atoms with Crippen LogP contribution in [0.4, 0.5) is 0 Å². The van der Waals surface area contributed by atoms with Crippen LogP contribution in [-0.2, 0) is 13.9 Å². The van der Waals surface area contributed by atoms with Gasteiger partial charge in [0, 0.05) is 6.54 Å². The van der Waals surface area contributed by atoms with E-state index < -0.39 is 20.2 Å². The van der Waals surface area contributed by atoms with E-state index in [9.17, 15) is 5.11 Å². The largest absolute Gasteiger partial charge is 0.415 e. The number of ether oxygens (including phenoxy) is 2. The van der Waals surface area contributed by atoms with Crippen LogP contribution in [0.25, 0.3) is 0 Å². The van der Waals surface area contributed by atoms with Crippen LogP contribution < -0.4 is 5.32 Å². The molecule has 0 aromatic rings. The molecular weight excluding hydrogens is 286 g/mol. The average molecular weight is 318 g/mol. The molecule has 0 bridgehead atoms. The molecule has 0 aromatic heterocycles. The van der Waals surface area contributed by atoms with Gasteiger partial charge in [0.1, 0.15) is 18.3 Å². The summed E-state index contributed by atoms with van der Waals surface area (Å²) < 4.78 is 17.9. The van der Waals surface area contributed by atoms with Crippen LogP contribution in [-0.4, -0.2) is 56.7 Å². The summed E-state index contributed by atoms with van der Waals surface area (Å²) in [6.07, 6.45) is -0.955. The van der Waals surface area contributed by atoms with Crippen molar-refractivity contribution in [3.05, 3.63) is 0 Å². The summed E-state index contributed by atoms with van der Waals surface area (Å²) in [5.74, 6) is -0.618. The number of aliphatic hydroxyl groups excluding tert-OH is 1. The van der Waals surface area contributed by atoms with Crippen LogP contribution in [0.2, 0.25) is 18.1 Å². The van der Waals surface area contributed by atoms with Gasteiger partial charge in [-0.1, -0.05) is 20.8 Å². The molecule has 2 heterocycles. The van der Waals surface area contributed by atoms with Gasteiger partial charge in [0.2, 0.25) is 0 Å². The number of hydrogen-bond acceptors (Lipinski definition) is 5. The first-order chi connectivity index (χ1) is 9.43. The van der Waals surface area contributed by atoms with E-state index in [-0.39, 0.29) is 23.3 Å². The molecule has 2 fully saturated rings. The van der Waals surface area contributed by atoms with Gasteiger partial charge < -0.3 is 24.3 Å². The summed E-state index contributed by atoms with van der Waals surface area (Å²) in [6, 6.07) is -0.0992. The lowest BCUT2D eigenvalue weighted by Crippen LogP contribution is -2.61. The summed E-state index contributed by atoms with van der Waals surface area (Å²) >= 11 is 0. The van der Waals surface area contributed by atoms with Gasteiger partial charge in [-0.25, -0.2) is 0 Å². The molecule has 0 aromatic carbocycles. The maximum absolute atomic E-state index is 10.5. The minimum absolute atomic E-state index is 0.0841. The van der Waals surface area contributed by atoms with Gasteiger partial charge in [0.15, 0.2) is 14.1 Å². The molecular formula is C15H31NO4Si. The third-order valence-corrected chi connectivity index (χ3v) is 9.48. The van der Waals surface area contributed by atoms with Crippen LogP contribution in [0.5, 0.6) is 0 Å². The lowest BCUT2D eigenvalue weighted by molar-refractivity contribution is -0.154. The third kappa shape index (κ3) is 3.68. The zero-order valence-electron chi connectivity index (χ0n) is 14.4. The summed E-state index contributed by atoms with van der Waals surface area (Å²) in [6.45, 7) is 16.1. The minimum atomic E-state index is -1.80. The molecule has 0 aliphatic carbocycles. The Morgan fingerprint density at radius 1 is 1.29 bits per heavy atom. The molecule has 2 N–H and O–H groups in total. The third-order valence-electron chi connectivity index (χ3n) is 4.98. The molecule has 2 saturated heterocycles. The van der Waals surface area contributed by atoms with Crippen LogP contribution in [0, 0.1) is 0 Å². The van der Waals surface area contributed by atoms with Crippen molar-refractivity contribution in [1.82, 2.24) is 5.32 Å². The molecule has 6 heteroatoms. The first kappa shape index (κ1) is 17.4. The summed E-state index contributed by atoms with van der Waals surface area (Å²) in [5, 5.41) is 14.1. The number of piperidine rings is 1. The number of nitrogens with one attached hydrogen (secondary N) is 1. The van der Waals surface area contributed by atoms with Gasteiger partial charge in [-0.15, -0.1) is 0 Å². The fourth-order valence-corrected chi connectivity index (χ4v) is 3.63. The van der Waals surface area contributed by atoms with E-state index in [0.717, 1.165) is 0 Å². The number of rotatable bonds is 3. The van der Waals surface area contributed by atoms with E-state index in [1.807, 2.05) is 13.8 Å². The zero-order valence-corrected chi connectivity index (χ0v) is 15.4. The van der Waals surface area contributed by atoms with Crippen molar-refractivity contribution in [3.8, 4) is 0 Å². The van der Waals surface area contributed by atoms with Crippen molar-refractivity contribution >= 4 is 8.32 Å². The van der Waals surface area contributed by atoms with Gasteiger partial charge in [-0.2, -0.15) is 0 Å². The van der Waals surface area contributed by atoms with Crippen LogP contribution in [0.1, 0.15) is 34.6 Å². The van der Waals surface area contributed by atoms with E-state index >= 15 is 0 Å². The molecule has 0 unspecified atom stereocenters. The Morgan fingerprint density at radius 2 is 1.90 bits per heavy atom. The fourth-order valence-electron chi connectivity index (χ4n) is 2.60. The van der Waals surface area contributed by atoms with E-state index in [1.165, 1.54) is 0 Å². The van der Waals surface area contributed by atoms with Crippen LogP contribution in [0.15, 0.2) is 0 Å². The molecule has 4 atom stereocenters. The fraction of sp³-hybridized carbons (Fsp3) is 1.00. The van der Waals surface area contributed by atoms with Gasteiger partial charge in [-0.3, -0.25) is 0 Å². The predicted octanol–water partition coefficient (Wildman–Crippen LogP) is 1.86. The van der Waals surface area contributed by atoms with Crippen molar-refractivity contribution in [2.45, 2.75) is 82.9 Å². The first-order valence-corrected chi connectivity index (χ1v) is 10.7. The van der Waals surface area contributed by atoms with Gasteiger partial charge in [-0.05, 0) is 32.0 Å². The molecule has 2 rings (SSSR count). The lowest BCUT2D eigenvalue weighted by Gasteiger charge is -2.40. The molecule has 2 aliphatic rings. The molecule has 21 heavy (non-hydrogen) atoms. The number of aliphatic hydroxyl groups is 1. The van der Waals surface area contributed by atoms with Gasteiger partial charge in [0.25, 0.3) is 0 Å². The molecule has 0 spiro atoms. The Morgan fingerprint density at radius 3 is 2.48 bits per heavy atom. The summed E-state index contributed by atoms with van der Waals surface area (Å²) in [5.41, 5.74) is 0. The predicted molar refractivity (Wildman–Crippen MR) is 84.8 cm³/mol. The van der Waals surface area contributed by atoms with Crippen molar-refractivity contribution in [1.29, 1.82) is 0 Å². The highest BCUT2D eigenvalue weighted by molar-refractivity contribution is 6.74. The topological polar surface area (TPSA) is 60.0 Å². The lowest BCUT2D eigenvalue weighted by atomic mass is 9.97. The molecule has 124 valence electrons. The maximum Gasteiger partial charge on any atom is 0.192 e. The van der Waals surface area contributed by atoms with Crippen molar-refractivity contribution in [2.75, 3.05) is 13.2 Å². The minimum Gasteiger partial charge on any atom is -0.415 e. The van der Waals surface area contributed by atoms with Gasteiger partial charge in [0.05, 0.1) is 12.6 Å².